The first kappa shape index (κ1) is 20.5. The number of amides is 3. The van der Waals surface area contributed by atoms with Crippen LogP contribution in [0.3, 0.4) is 0 Å². The molecule has 0 aromatic heterocycles. The van der Waals surface area contributed by atoms with Crippen molar-refractivity contribution in [1.82, 2.24) is 10.6 Å². The van der Waals surface area contributed by atoms with Crippen molar-refractivity contribution >= 4 is 17.6 Å². The first-order valence-corrected chi connectivity index (χ1v) is 9.51. The van der Waals surface area contributed by atoms with Crippen molar-refractivity contribution < 1.29 is 14.3 Å². The van der Waals surface area contributed by atoms with Crippen LogP contribution >= 0.6 is 0 Å². The molecule has 1 heterocycles. The molecule has 2 atom stereocenters. The molecule has 3 amide bonds. The summed E-state index contributed by atoms with van der Waals surface area (Å²) in [5.74, 6) is -0.402. The van der Waals surface area contributed by atoms with Gasteiger partial charge in [0.05, 0.1) is 18.8 Å². The molecule has 6 heteroatoms. The number of methoxy groups -OCH3 is 1. The van der Waals surface area contributed by atoms with Crippen LogP contribution in [0.5, 0.6) is 5.75 Å². The third kappa shape index (κ3) is 4.42. The van der Waals surface area contributed by atoms with E-state index in [0.29, 0.717) is 17.1 Å². The fourth-order valence-electron chi connectivity index (χ4n) is 3.42. The van der Waals surface area contributed by atoms with E-state index < -0.39 is 12.0 Å². The number of ether oxygens (including phenoxy) is 1. The summed E-state index contributed by atoms with van der Waals surface area (Å²) >= 11 is 0. The van der Waals surface area contributed by atoms with Gasteiger partial charge in [0.15, 0.2) is 0 Å². The molecule has 0 saturated carbocycles. The SMILES string of the molecule is C=C1NC(=O)N[C@@H](c2ccc(C(C)(C)C)cc2)[C@H]1C(=O)Nc1ccccc1OC. The van der Waals surface area contributed by atoms with Gasteiger partial charge in [-0.3, -0.25) is 4.79 Å². The summed E-state index contributed by atoms with van der Waals surface area (Å²) in [7, 11) is 1.55. The Labute approximate surface area is 171 Å². The van der Waals surface area contributed by atoms with E-state index in [0.717, 1.165) is 5.56 Å². The molecule has 0 aliphatic carbocycles. The van der Waals surface area contributed by atoms with Gasteiger partial charge in [-0.15, -0.1) is 0 Å². The van der Waals surface area contributed by atoms with Crippen molar-refractivity contribution in [2.75, 3.05) is 12.4 Å². The number of hydrogen-bond donors (Lipinski definition) is 3. The Morgan fingerprint density at radius 1 is 1.10 bits per heavy atom. The Balaban J connectivity index is 1.90. The minimum atomic E-state index is -0.682. The Morgan fingerprint density at radius 2 is 1.76 bits per heavy atom. The van der Waals surface area contributed by atoms with E-state index in [-0.39, 0.29) is 17.4 Å². The van der Waals surface area contributed by atoms with E-state index >= 15 is 0 Å². The summed E-state index contributed by atoms with van der Waals surface area (Å²) in [5.41, 5.74) is 2.95. The summed E-state index contributed by atoms with van der Waals surface area (Å²) in [5, 5.41) is 8.38. The van der Waals surface area contributed by atoms with E-state index in [1.165, 1.54) is 5.56 Å². The summed E-state index contributed by atoms with van der Waals surface area (Å²) in [6.45, 7) is 10.3. The minimum absolute atomic E-state index is 0.0140. The summed E-state index contributed by atoms with van der Waals surface area (Å²) < 4.78 is 5.31. The van der Waals surface area contributed by atoms with Crippen molar-refractivity contribution in [3.8, 4) is 5.75 Å². The van der Waals surface area contributed by atoms with Crippen LogP contribution in [-0.2, 0) is 10.2 Å². The highest BCUT2D eigenvalue weighted by molar-refractivity contribution is 5.98. The molecule has 1 aliphatic heterocycles. The zero-order valence-electron chi connectivity index (χ0n) is 17.2. The molecular weight excluding hydrogens is 366 g/mol. The average molecular weight is 393 g/mol. The van der Waals surface area contributed by atoms with Gasteiger partial charge in [-0.1, -0.05) is 63.7 Å². The van der Waals surface area contributed by atoms with E-state index in [9.17, 15) is 9.59 Å². The van der Waals surface area contributed by atoms with Crippen LogP contribution in [0.15, 0.2) is 60.8 Å². The van der Waals surface area contributed by atoms with E-state index in [2.05, 4.69) is 43.3 Å². The van der Waals surface area contributed by atoms with Crippen LogP contribution in [0.2, 0.25) is 0 Å². The summed E-state index contributed by atoms with van der Waals surface area (Å²) in [4.78, 5) is 25.2. The lowest BCUT2D eigenvalue weighted by Crippen LogP contribution is -2.51. The van der Waals surface area contributed by atoms with Crippen LogP contribution in [0.4, 0.5) is 10.5 Å². The zero-order valence-corrected chi connectivity index (χ0v) is 17.2. The maximum atomic E-state index is 13.1. The normalized spacial score (nSPS) is 19.2. The molecule has 2 aromatic rings. The molecule has 0 unspecified atom stereocenters. The monoisotopic (exact) mass is 393 g/mol. The number of anilines is 1. The van der Waals surface area contributed by atoms with Crippen molar-refractivity contribution in [1.29, 1.82) is 0 Å². The first-order valence-electron chi connectivity index (χ1n) is 9.51. The van der Waals surface area contributed by atoms with Crippen LogP contribution in [0.1, 0.15) is 37.9 Å². The predicted molar refractivity (Wildman–Crippen MR) is 114 cm³/mol. The second kappa shape index (κ2) is 7.99. The lowest BCUT2D eigenvalue weighted by molar-refractivity contribution is -0.119. The third-order valence-electron chi connectivity index (χ3n) is 5.05. The molecule has 3 N–H and O–H groups in total. The third-order valence-corrected chi connectivity index (χ3v) is 5.05. The standard InChI is InChI=1S/C23H27N3O3/c1-14-19(21(27)25-17-8-6-7-9-18(17)29-5)20(26-22(28)24-14)15-10-12-16(13-11-15)23(2,3)4/h6-13,19-20H,1H2,2-5H3,(H,25,27)(H2,24,26,28)/t19-,20-/m0/s1. The van der Waals surface area contributed by atoms with Crippen molar-refractivity contribution in [3.63, 3.8) is 0 Å². The Morgan fingerprint density at radius 3 is 2.38 bits per heavy atom. The molecule has 3 rings (SSSR count). The van der Waals surface area contributed by atoms with Gasteiger partial charge >= 0.3 is 6.03 Å². The lowest BCUT2D eigenvalue weighted by Gasteiger charge is -2.34. The molecule has 0 radical (unpaired) electrons. The second-order valence-corrected chi connectivity index (χ2v) is 8.14. The molecule has 29 heavy (non-hydrogen) atoms. The molecule has 6 nitrogen and oxygen atoms in total. The fraction of sp³-hybridized carbons (Fsp3) is 0.304. The number of urea groups is 1. The molecule has 1 aliphatic rings. The molecule has 1 saturated heterocycles. The van der Waals surface area contributed by atoms with Gasteiger partial charge in [-0.25, -0.2) is 4.79 Å². The van der Waals surface area contributed by atoms with E-state index in [4.69, 9.17) is 4.74 Å². The van der Waals surface area contributed by atoms with Gasteiger partial charge in [0, 0.05) is 5.70 Å². The van der Waals surface area contributed by atoms with Gasteiger partial charge in [0.1, 0.15) is 11.7 Å². The number of carbonyl (C=O) groups excluding carboxylic acids is 2. The van der Waals surface area contributed by atoms with Gasteiger partial charge in [0.2, 0.25) is 5.91 Å². The van der Waals surface area contributed by atoms with Gasteiger partial charge in [0.25, 0.3) is 0 Å². The molecule has 0 spiro atoms. The van der Waals surface area contributed by atoms with Gasteiger partial charge in [-0.2, -0.15) is 0 Å². The number of benzene rings is 2. The molecule has 1 fully saturated rings. The Hall–Kier alpha value is -3.28. The average Bonchev–Trinajstić information content (AvgIpc) is 2.67. The highest BCUT2D eigenvalue weighted by Gasteiger charge is 2.38. The number of carbonyl (C=O) groups is 2. The molecular formula is C23H27N3O3. The number of hydrogen-bond acceptors (Lipinski definition) is 3. The quantitative estimate of drug-likeness (QED) is 0.731. The van der Waals surface area contributed by atoms with Crippen molar-refractivity contribution in [2.24, 2.45) is 5.92 Å². The molecule has 2 aromatic carbocycles. The first-order chi connectivity index (χ1) is 13.7. The zero-order chi connectivity index (χ0) is 21.2. The smallest absolute Gasteiger partial charge is 0.319 e. The fourth-order valence-corrected chi connectivity index (χ4v) is 3.42. The largest absolute Gasteiger partial charge is 0.495 e. The maximum Gasteiger partial charge on any atom is 0.319 e. The lowest BCUT2D eigenvalue weighted by atomic mass is 9.84. The summed E-state index contributed by atoms with van der Waals surface area (Å²) in [6.07, 6.45) is 0. The van der Waals surface area contributed by atoms with Crippen LogP contribution in [0.25, 0.3) is 0 Å². The minimum Gasteiger partial charge on any atom is -0.495 e. The Bertz CT molecular complexity index is 929. The number of para-hydroxylation sites is 2. The van der Waals surface area contributed by atoms with Crippen LogP contribution in [-0.4, -0.2) is 19.0 Å². The number of nitrogens with one attached hydrogen (secondary N) is 3. The van der Waals surface area contributed by atoms with E-state index in [1.54, 1.807) is 19.2 Å². The van der Waals surface area contributed by atoms with Crippen LogP contribution < -0.4 is 20.7 Å². The maximum absolute atomic E-state index is 13.1. The van der Waals surface area contributed by atoms with Crippen molar-refractivity contribution in [2.45, 2.75) is 32.2 Å². The topological polar surface area (TPSA) is 79.5 Å². The van der Waals surface area contributed by atoms with Crippen molar-refractivity contribution in [3.05, 3.63) is 71.9 Å². The van der Waals surface area contributed by atoms with Gasteiger partial charge in [-0.05, 0) is 28.7 Å². The summed E-state index contributed by atoms with van der Waals surface area (Å²) in [6, 6.07) is 14.2. The van der Waals surface area contributed by atoms with Gasteiger partial charge < -0.3 is 20.7 Å². The Kier molecular flexibility index (Phi) is 5.64. The highest BCUT2D eigenvalue weighted by atomic mass is 16.5. The molecule has 0 bridgehead atoms. The second-order valence-electron chi connectivity index (χ2n) is 8.14. The predicted octanol–water partition coefficient (Wildman–Crippen LogP) is 4.12. The molecule has 152 valence electrons. The number of rotatable bonds is 4. The highest BCUT2D eigenvalue weighted by Crippen LogP contribution is 2.33. The van der Waals surface area contributed by atoms with Crippen LogP contribution in [0, 0.1) is 5.92 Å². The van der Waals surface area contributed by atoms with E-state index in [1.807, 2.05) is 36.4 Å².